The van der Waals surface area contributed by atoms with Gasteiger partial charge < -0.3 is 15.2 Å². The molecular weight excluding hydrogens is 348 g/mol. The highest BCUT2D eigenvalue weighted by atomic mass is 16.6. The second kappa shape index (κ2) is 8.13. The number of carbonyl (C=O) groups is 1. The van der Waals surface area contributed by atoms with Gasteiger partial charge in [-0.2, -0.15) is 0 Å². The van der Waals surface area contributed by atoms with Crippen LogP contribution in [0.2, 0.25) is 0 Å². The molecule has 1 amide bonds. The number of aryl methyl sites for hydroxylation is 1. The smallest absolute Gasteiger partial charge is 0.269 e. The van der Waals surface area contributed by atoms with Crippen molar-refractivity contribution in [3.05, 3.63) is 76.0 Å². The van der Waals surface area contributed by atoms with E-state index in [-0.39, 0.29) is 11.6 Å². The number of hydrogen-bond donors (Lipinski definition) is 2. The Kier molecular flexibility index (Phi) is 5.46. The molecule has 0 atom stereocenters. The van der Waals surface area contributed by atoms with Crippen LogP contribution in [0.4, 0.5) is 11.4 Å². The van der Waals surface area contributed by atoms with Crippen molar-refractivity contribution < 1.29 is 14.2 Å². The van der Waals surface area contributed by atoms with Crippen molar-refractivity contribution in [2.24, 2.45) is 0 Å². The van der Waals surface area contributed by atoms with Gasteiger partial charge >= 0.3 is 0 Å². The molecule has 0 bridgehead atoms. The Morgan fingerprint density at radius 1 is 1.11 bits per heavy atom. The van der Waals surface area contributed by atoms with Gasteiger partial charge in [-0.05, 0) is 19.1 Å². The molecule has 1 aromatic heterocycles. The molecule has 0 saturated carbocycles. The predicted octanol–water partition coefficient (Wildman–Crippen LogP) is 3.40. The van der Waals surface area contributed by atoms with Crippen LogP contribution in [0.1, 0.15) is 16.1 Å². The molecule has 0 saturated heterocycles. The van der Waals surface area contributed by atoms with Gasteiger partial charge in [0.25, 0.3) is 11.6 Å². The van der Waals surface area contributed by atoms with E-state index in [1.807, 2.05) is 30.3 Å². The Hall–Kier alpha value is -3.68. The molecule has 0 fully saturated rings. The highest BCUT2D eigenvalue weighted by Gasteiger charge is 2.21. The van der Waals surface area contributed by atoms with Crippen LogP contribution in [-0.4, -0.2) is 29.1 Å². The number of hydrogen-bond acceptors (Lipinski definition) is 6. The van der Waals surface area contributed by atoms with Gasteiger partial charge in [0.05, 0.1) is 4.92 Å². The predicted molar refractivity (Wildman–Crippen MR) is 101 cm³/mol. The highest BCUT2D eigenvalue weighted by Crippen LogP contribution is 2.24. The number of benzene rings is 2. The number of anilines is 1. The van der Waals surface area contributed by atoms with Crippen molar-refractivity contribution in [3.8, 4) is 11.3 Å². The van der Waals surface area contributed by atoms with Gasteiger partial charge in [-0.1, -0.05) is 35.5 Å². The van der Waals surface area contributed by atoms with E-state index in [2.05, 4.69) is 15.8 Å². The fourth-order valence-corrected chi connectivity index (χ4v) is 2.60. The van der Waals surface area contributed by atoms with Crippen molar-refractivity contribution in [1.82, 2.24) is 10.5 Å². The monoisotopic (exact) mass is 366 g/mol. The second-order valence-electron chi connectivity index (χ2n) is 5.82. The molecule has 0 radical (unpaired) electrons. The molecule has 8 heteroatoms. The maximum Gasteiger partial charge on any atom is 0.269 e. The number of non-ortho nitro benzene ring substituents is 1. The number of rotatable bonds is 7. The van der Waals surface area contributed by atoms with Crippen molar-refractivity contribution in [2.45, 2.75) is 6.92 Å². The van der Waals surface area contributed by atoms with Crippen molar-refractivity contribution in [1.29, 1.82) is 0 Å². The molecule has 0 spiro atoms. The largest absolute Gasteiger partial charge is 0.383 e. The summed E-state index contributed by atoms with van der Waals surface area (Å²) in [6.07, 6.45) is 0. The number of nitrogens with one attached hydrogen (secondary N) is 2. The van der Waals surface area contributed by atoms with Gasteiger partial charge in [0, 0.05) is 36.5 Å². The molecule has 3 aromatic rings. The standard InChI is InChI=1S/C19H18N4O4/c1-13-17(18(22-27-13)14-5-3-2-4-6-14)19(24)21-12-11-20-15-7-9-16(10-8-15)23(25)26/h2-10,20H,11-12H2,1H3,(H,21,24). The summed E-state index contributed by atoms with van der Waals surface area (Å²) >= 11 is 0. The van der Waals surface area contributed by atoms with Gasteiger partial charge in [0.1, 0.15) is 17.0 Å². The SMILES string of the molecule is Cc1onc(-c2ccccc2)c1C(=O)NCCNc1ccc([N+](=O)[O-])cc1. The maximum absolute atomic E-state index is 12.5. The van der Waals surface area contributed by atoms with E-state index in [9.17, 15) is 14.9 Å². The first-order valence-electron chi connectivity index (χ1n) is 8.34. The van der Waals surface area contributed by atoms with Gasteiger partial charge in [-0.25, -0.2) is 0 Å². The van der Waals surface area contributed by atoms with Crippen LogP contribution in [0.15, 0.2) is 59.1 Å². The minimum absolute atomic E-state index is 0.0326. The lowest BCUT2D eigenvalue weighted by atomic mass is 10.1. The summed E-state index contributed by atoms with van der Waals surface area (Å²) < 4.78 is 5.20. The number of nitro benzene ring substituents is 1. The summed E-state index contributed by atoms with van der Waals surface area (Å²) in [6.45, 7) is 2.53. The average Bonchev–Trinajstić information content (AvgIpc) is 3.07. The lowest BCUT2D eigenvalue weighted by Crippen LogP contribution is -2.29. The molecule has 0 unspecified atom stereocenters. The van der Waals surface area contributed by atoms with Gasteiger partial charge in [-0.3, -0.25) is 14.9 Å². The molecule has 2 N–H and O–H groups in total. The molecule has 138 valence electrons. The zero-order chi connectivity index (χ0) is 19.2. The normalized spacial score (nSPS) is 10.4. The number of nitro groups is 1. The first-order chi connectivity index (χ1) is 13.1. The average molecular weight is 366 g/mol. The summed E-state index contributed by atoms with van der Waals surface area (Å²) in [6, 6.07) is 15.5. The summed E-state index contributed by atoms with van der Waals surface area (Å²) in [7, 11) is 0. The molecule has 0 aliphatic heterocycles. The first-order valence-corrected chi connectivity index (χ1v) is 8.34. The number of aromatic nitrogens is 1. The van der Waals surface area contributed by atoms with Crippen molar-refractivity contribution >= 4 is 17.3 Å². The molecule has 0 aliphatic rings. The first kappa shape index (κ1) is 18.1. The van der Waals surface area contributed by atoms with Crippen LogP contribution in [0.5, 0.6) is 0 Å². The van der Waals surface area contributed by atoms with Crippen LogP contribution in [0.25, 0.3) is 11.3 Å². The molecule has 2 aromatic carbocycles. The van der Waals surface area contributed by atoms with Crippen LogP contribution >= 0.6 is 0 Å². The fourth-order valence-electron chi connectivity index (χ4n) is 2.60. The lowest BCUT2D eigenvalue weighted by molar-refractivity contribution is -0.384. The Labute approximate surface area is 155 Å². The van der Waals surface area contributed by atoms with E-state index in [0.29, 0.717) is 30.1 Å². The Morgan fingerprint density at radius 3 is 2.48 bits per heavy atom. The summed E-state index contributed by atoms with van der Waals surface area (Å²) in [5.41, 5.74) is 2.50. The lowest BCUT2D eigenvalue weighted by Gasteiger charge is -2.08. The van der Waals surface area contributed by atoms with Gasteiger partial charge in [0.2, 0.25) is 0 Å². The Morgan fingerprint density at radius 2 is 1.81 bits per heavy atom. The third-order valence-corrected chi connectivity index (χ3v) is 3.95. The maximum atomic E-state index is 12.5. The zero-order valence-electron chi connectivity index (χ0n) is 14.6. The van der Waals surface area contributed by atoms with E-state index in [4.69, 9.17) is 4.52 Å². The highest BCUT2D eigenvalue weighted by molar-refractivity contribution is 6.00. The second-order valence-corrected chi connectivity index (χ2v) is 5.82. The number of carbonyl (C=O) groups excluding carboxylic acids is 1. The van der Waals surface area contributed by atoms with Crippen molar-refractivity contribution in [2.75, 3.05) is 18.4 Å². The van der Waals surface area contributed by atoms with Crippen LogP contribution in [0.3, 0.4) is 0 Å². The van der Waals surface area contributed by atoms with Crippen LogP contribution in [-0.2, 0) is 0 Å². The Bertz CT molecular complexity index is 936. The zero-order valence-corrected chi connectivity index (χ0v) is 14.6. The Balaban J connectivity index is 1.57. The third kappa shape index (κ3) is 4.30. The summed E-state index contributed by atoms with van der Waals surface area (Å²) in [4.78, 5) is 22.7. The van der Waals surface area contributed by atoms with Crippen LogP contribution < -0.4 is 10.6 Å². The van der Waals surface area contributed by atoms with E-state index >= 15 is 0 Å². The molecule has 3 rings (SSSR count). The van der Waals surface area contributed by atoms with E-state index in [0.717, 1.165) is 11.3 Å². The number of nitrogens with zero attached hydrogens (tertiary/aromatic N) is 2. The third-order valence-electron chi connectivity index (χ3n) is 3.95. The molecular formula is C19H18N4O4. The fraction of sp³-hybridized carbons (Fsp3) is 0.158. The molecule has 8 nitrogen and oxygen atoms in total. The minimum atomic E-state index is -0.449. The minimum Gasteiger partial charge on any atom is -0.383 e. The van der Waals surface area contributed by atoms with Crippen LogP contribution in [0, 0.1) is 17.0 Å². The van der Waals surface area contributed by atoms with E-state index < -0.39 is 4.92 Å². The molecule has 1 heterocycles. The number of amides is 1. The van der Waals surface area contributed by atoms with E-state index in [1.54, 1.807) is 19.1 Å². The van der Waals surface area contributed by atoms with Gasteiger partial charge in [-0.15, -0.1) is 0 Å². The topological polar surface area (TPSA) is 110 Å². The summed E-state index contributed by atoms with van der Waals surface area (Å²) in [5, 5.41) is 20.6. The van der Waals surface area contributed by atoms with E-state index in [1.165, 1.54) is 12.1 Å². The molecule has 27 heavy (non-hydrogen) atoms. The summed E-state index contributed by atoms with van der Waals surface area (Å²) in [5.74, 6) is 0.188. The quantitative estimate of drug-likeness (QED) is 0.377. The van der Waals surface area contributed by atoms with Crippen molar-refractivity contribution in [3.63, 3.8) is 0 Å². The van der Waals surface area contributed by atoms with Gasteiger partial charge in [0.15, 0.2) is 0 Å². The molecule has 0 aliphatic carbocycles.